The van der Waals surface area contributed by atoms with Crippen molar-refractivity contribution >= 4 is 5.97 Å². The van der Waals surface area contributed by atoms with Gasteiger partial charge in [0.1, 0.15) is 0 Å². The smallest absolute Gasteiger partial charge is 0.305 e. The summed E-state index contributed by atoms with van der Waals surface area (Å²) in [6, 6.07) is 0. The van der Waals surface area contributed by atoms with Gasteiger partial charge in [0, 0.05) is 6.42 Å². The van der Waals surface area contributed by atoms with Crippen LogP contribution in [0.5, 0.6) is 0 Å². The minimum absolute atomic E-state index is 0.0455. The summed E-state index contributed by atoms with van der Waals surface area (Å²) in [6.45, 7) is 1.51. The number of hydrogen-bond acceptors (Lipinski definition) is 3. The van der Waals surface area contributed by atoms with Crippen LogP contribution in [0.15, 0.2) is 0 Å². The van der Waals surface area contributed by atoms with Crippen LogP contribution in [0.4, 0.5) is 0 Å². The number of hydrogen-bond donors (Lipinski definition) is 1. The first-order valence-corrected chi connectivity index (χ1v) is 5.13. The lowest BCUT2D eigenvalue weighted by atomic mass is 10.3. The van der Waals surface area contributed by atoms with E-state index in [2.05, 4.69) is 5.32 Å². The largest absolute Gasteiger partial charge is 0.466 e. The predicted octanol–water partition coefficient (Wildman–Crippen LogP) is 1.33. The molecular formula is C10H19NO2. The van der Waals surface area contributed by atoms with Gasteiger partial charge in [0.25, 0.3) is 0 Å². The van der Waals surface area contributed by atoms with Gasteiger partial charge in [-0.3, -0.25) is 4.79 Å². The van der Waals surface area contributed by atoms with Gasteiger partial charge >= 0.3 is 5.97 Å². The van der Waals surface area contributed by atoms with Crippen LogP contribution in [0.25, 0.3) is 0 Å². The second kappa shape index (κ2) is 5.97. The van der Waals surface area contributed by atoms with Crippen LogP contribution >= 0.6 is 0 Å². The molecule has 3 nitrogen and oxygen atoms in total. The summed E-state index contributed by atoms with van der Waals surface area (Å²) in [5.74, 6) is 0.806. The standard InChI is InChI=1S/C10H19NO2/c1-11-7-2-3-10(12)13-8-6-9-4-5-9/h9,11H,2-8H2,1H3. The van der Waals surface area contributed by atoms with Crippen LogP contribution in [-0.4, -0.2) is 26.2 Å². The first kappa shape index (κ1) is 10.5. The van der Waals surface area contributed by atoms with Gasteiger partial charge < -0.3 is 10.1 Å². The second-order valence-corrected chi connectivity index (χ2v) is 3.66. The fourth-order valence-electron chi connectivity index (χ4n) is 1.23. The maximum absolute atomic E-state index is 11.1. The monoisotopic (exact) mass is 185 g/mol. The Kier molecular flexibility index (Phi) is 4.83. The second-order valence-electron chi connectivity index (χ2n) is 3.66. The van der Waals surface area contributed by atoms with Crippen molar-refractivity contribution in [3.05, 3.63) is 0 Å². The molecular weight excluding hydrogens is 166 g/mol. The molecule has 0 amide bonds. The number of rotatable bonds is 7. The van der Waals surface area contributed by atoms with Gasteiger partial charge in [-0.25, -0.2) is 0 Å². The first-order valence-electron chi connectivity index (χ1n) is 5.13. The zero-order valence-corrected chi connectivity index (χ0v) is 8.34. The highest BCUT2D eigenvalue weighted by atomic mass is 16.5. The van der Waals surface area contributed by atoms with E-state index in [4.69, 9.17) is 4.74 Å². The van der Waals surface area contributed by atoms with E-state index in [-0.39, 0.29) is 5.97 Å². The number of esters is 1. The van der Waals surface area contributed by atoms with E-state index in [0.717, 1.165) is 25.3 Å². The molecule has 76 valence electrons. The predicted molar refractivity (Wildman–Crippen MR) is 51.5 cm³/mol. The van der Waals surface area contributed by atoms with Crippen molar-refractivity contribution in [2.75, 3.05) is 20.2 Å². The van der Waals surface area contributed by atoms with Gasteiger partial charge in [-0.1, -0.05) is 12.8 Å². The van der Waals surface area contributed by atoms with Gasteiger partial charge in [0.2, 0.25) is 0 Å². The molecule has 0 atom stereocenters. The fourth-order valence-corrected chi connectivity index (χ4v) is 1.23. The first-order chi connectivity index (χ1) is 6.33. The van der Waals surface area contributed by atoms with Crippen molar-refractivity contribution in [1.82, 2.24) is 5.32 Å². The molecule has 0 aliphatic heterocycles. The third kappa shape index (κ3) is 5.64. The Morgan fingerprint density at radius 1 is 1.54 bits per heavy atom. The van der Waals surface area contributed by atoms with Gasteiger partial charge in [-0.05, 0) is 32.4 Å². The van der Waals surface area contributed by atoms with Crippen LogP contribution in [-0.2, 0) is 9.53 Å². The zero-order valence-electron chi connectivity index (χ0n) is 8.34. The normalized spacial score (nSPS) is 15.8. The number of carbonyl (C=O) groups is 1. The van der Waals surface area contributed by atoms with Gasteiger partial charge in [0.05, 0.1) is 6.61 Å². The molecule has 0 aromatic carbocycles. The molecule has 0 radical (unpaired) electrons. The number of nitrogens with one attached hydrogen (secondary N) is 1. The van der Waals surface area contributed by atoms with E-state index >= 15 is 0 Å². The van der Waals surface area contributed by atoms with Gasteiger partial charge in [-0.15, -0.1) is 0 Å². The Balaban J connectivity index is 1.84. The van der Waals surface area contributed by atoms with E-state index in [1.165, 1.54) is 12.8 Å². The quantitative estimate of drug-likeness (QED) is 0.480. The van der Waals surface area contributed by atoms with E-state index in [1.807, 2.05) is 7.05 Å². The molecule has 0 heterocycles. The zero-order chi connectivity index (χ0) is 9.52. The molecule has 1 aliphatic rings. The molecule has 13 heavy (non-hydrogen) atoms. The van der Waals surface area contributed by atoms with Crippen LogP contribution in [0.3, 0.4) is 0 Å². The van der Waals surface area contributed by atoms with Crippen molar-refractivity contribution in [2.24, 2.45) is 5.92 Å². The Morgan fingerprint density at radius 2 is 2.31 bits per heavy atom. The highest BCUT2D eigenvalue weighted by Crippen LogP contribution is 2.32. The summed E-state index contributed by atoms with van der Waals surface area (Å²) in [6.07, 6.45) is 5.15. The lowest BCUT2D eigenvalue weighted by Gasteiger charge is -2.03. The molecule has 1 rings (SSSR count). The van der Waals surface area contributed by atoms with E-state index in [1.54, 1.807) is 0 Å². The van der Waals surface area contributed by atoms with Gasteiger partial charge in [0.15, 0.2) is 0 Å². The summed E-state index contributed by atoms with van der Waals surface area (Å²) >= 11 is 0. The SMILES string of the molecule is CNCCCC(=O)OCCC1CC1. The van der Waals surface area contributed by atoms with Crippen molar-refractivity contribution in [3.8, 4) is 0 Å². The van der Waals surface area contributed by atoms with Crippen LogP contribution in [0.1, 0.15) is 32.1 Å². The van der Waals surface area contributed by atoms with E-state index in [0.29, 0.717) is 13.0 Å². The maximum Gasteiger partial charge on any atom is 0.305 e. The molecule has 0 spiro atoms. The lowest BCUT2D eigenvalue weighted by molar-refractivity contribution is -0.143. The molecule has 0 aromatic rings. The molecule has 0 bridgehead atoms. The van der Waals surface area contributed by atoms with E-state index in [9.17, 15) is 4.79 Å². The Bertz CT molecular complexity index is 155. The molecule has 1 fully saturated rings. The number of carbonyl (C=O) groups excluding carboxylic acids is 1. The van der Waals surface area contributed by atoms with Crippen LogP contribution < -0.4 is 5.32 Å². The fraction of sp³-hybridized carbons (Fsp3) is 0.900. The van der Waals surface area contributed by atoms with Crippen molar-refractivity contribution in [3.63, 3.8) is 0 Å². The summed E-state index contributed by atoms with van der Waals surface area (Å²) in [5.41, 5.74) is 0. The highest BCUT2D eigenvalue weighted by Gasteiger charge is 2.20. The summed E-state index contributed by atoms with van der Waals surface area (Å²) < 4.78 is 5.07. The minimum atomic E-state index is -0.0455. The minimum Gasteiger partial charge on any atom is -0.466 e. The van der Waals surface area contributed by atoms with Crippen molar-refractivity contribution in [2.45, 2.75) is 32.1 Å². The van der Waals surface area contributed by atoms with E-state index < -0.39 is 0 Å². The maximum atomic E-state index is 11.1. The third-order valence-corrected chi connectivity index (χ3v) is 2.29. The Hall–Kier alpha value is -0.570. The molecule has 0 saturated heterocycles. The molecule has 1 saturated carbocycles. The Morgan fingerprint density at radius 3 is 2.92 bits per heavy atom. The topological polar surface area (TPSA) is 38.3 Å². The summed E-state index contributed by atoms with van der Waals surface area (Å²) in [7, 11) is 1.89. The molecule has 1 aliphatic carbocycles. The number of ether oxygens (including phenoxy) is 1. The molecule has 1 N–H and O–H groups in total. The molecule has 0 unspecified atom stereocenters. The van der Waals surface area contributed by atoms with Crippen molar-refractivity contribution in [1.29, 1.82) is 0 Å². The van der Waals surface area contributed by atoms with Crippen molar-refractivity contribution < 1.29 is 9.53 Å². The average molecular weight is 185 g/mol. The van der Waals surface area contributed by atoms with Gasteiger partial charge in [-0.2, -0.15) is 0 Å². The third-order valence-electron chi connectivity index (χ3n) is 2.29. The average Bonchev–Trinajstić information content (AvgIpc) is 2.89. The molecule has 0 aromatic heterocycles. The summed E-state index contributed by atoms with van der Waals surface area (Å²) in [4.78, 5) is 11.1. The molecule has 3 heteroatoms. The van der Waals surface area contributed by atoms with Crippen LogP contribution in [0.2, 0.25) is 0 Å². The highest BCUT2D eigenvalue weighted by molar-refractivity contribution is 5.69. The summed E-state index contributed by atoms with van der Waals surface area (Å²) in [5, 5.41) is 3.00. The Labute approximate surface area is 79.8 Å². The van der Waals surface area contributed by atoms with Crippen LogP contribution in [0, 0.1) is 5.92 Å². The lowest BCUT2D eigenvalue weighted by Crippen LogP contribution is -2.12.